The minimum Gasteiger partial charge on any atom is -0.394 e. The van der Waals surface area contributed by atoms with Crippen molar-refractivity contribution in [1.29, 1.82) is 0 Å². The Morgan fingerprint density at radius 2 is 1.18 bits per heavy atom. The van der Waals surface area contributed by atoms with Gasteiger partial charge in [-0.3, -0.25) is 0 Å². The number of aliphatic hydroxyl groups is 7. The van der Waals surface area contributed by atoms with E-state index in [-0.39, 0.29) is 13.0 Å². The fourth-order valence-electron chi connectivity index (χ4n) is 4.40. The van der Waals surface area contributed by atoms with Gasteiger partial charge in [0.15, 0.2) is 12.6 Å². The maximum absolute atomic E-state index is 10.9. The minimum absolute atomic E-state index is 0.0849. The predicted molar refractivity (Wildman–Crippen MR) is 108 cm³/mol. The lowest BCUT2D eigenvalue weighted by Crippen LogP contribution is -2.68. The van der Waals surface area contributed by atoms with Crippen molar-refractivity contribution in [2.24, 2.45) is 22.9 Å². The van der Waals surface area contributed by atoms with E-state index >= 15 is 0 Å². The lowest BCUT2D eigenvalue weighted by Gasteiger charge is -2.48. The Labute approximate surface area is 189 Å². The van der Waals surface area contributed by atoms with Crippen LogP contribution in [0.3, 0.4) is 0 Å². The van der Waals surface area contributed by atoms with Crippen molar-refractivity contribution in [2.75, 3.05) is 13.2 Å². The first kappa shape index (κ1) is 27.0. The Kier molecular flexibility index (Phi) is 8.99. The number of hydrogen-bond acceptors (Lipinski definition) is 15. The Hall–Kier alpha value is -0.600. The summed E-state index contributed by atoms with van der Waals surface area (Å²) in [5.74, 6) is 0. The van der Waals surface area contributed by atoms with Gasteiger partial charge in [0.1, 0.15) is 61.0 Å². The van der Waals surface area contributed by atoms with Gasteiger partial charge in [-0.15, -0.1) is 0 Å². The normalized spacial score (nSPS) is 53.7. The number of ether oxygens (including phenoxy) is 4. The van der Waals surface area contributed by atoms with Gasteiger partial charge in [-0.25, -0.2) is 0 Å². The Morgan fingerprint density at radius 1 is 0.667 bits per heavy atom. The van der Waals surface area contributed by atoms with E-state index in [1.807, 2.05) is 0 Å². The third kappa shape index (κ3) is 5.32. The van der Waals surface area contributed by atoms with Crippen molar-refractivity contribution < 1.29 is 54.7 Å². The zero-order chi connectivity index (χ0) is 24.6. The summed E-state index contributed by atoms with van der Waals surface area (Å²) in [6.07, 6.45) is -16.5. The summed E-state index contributed by atoms with van der Waals surface area (Å²) in [5, 5.41) is 70.9. The van der Waals surface area contributed by atoms with E-state index in [9.17, 15) is 35.7 Å². The van der Waals surface area contributed by atoms with E-state index in [0.717, 1.165) is 0 Å². The van der Waals surface area contributed by atoms with Gasteiger partial charge in [0.25, 0.3) is 0 Å². The number of nitrogens with two attached hydrogens (primary N) is 4. The third-order valence-corrected chi connectivity index (χ3v) is 6.48. The van der Waals surface area contributed by atoms with Crippen LogP contribution in [0.5, 0.6) is 0 Å². The van der Waals surface area contributed by atoms with Crippen molar-refractivity contribution in [1.82, 2.24) is 0 Å². The van der Waals surface area contributed by atoms with Crippen molar-refractivity contribution in [2.45, 2.75) is 98.2 Å². The molecule has 15 nitrogen and oxygen atoms in total. The highest BCUT2D eigenvalue weighted by atomic mass is 16.7. The van der Waals surface area contributed by atoms with E-state index in [2.05, 4.69) is 0 Å². The van der Waals surface area contributed by atoms with E-state index < -0.39 is 98.4 Å². The van der Waals surface area contributed by atoms with Gasteiger partial charge in [-0.1, -0.05) is 0 Å². The molecule has 1 saturated carbocycles. The summed E-state index contributed by atoms with van der Waals surface area (Å²) in [7, 11) is 0. The molecule has 0 spiro atoms. The first-order valence-corrected chi connectivity index (χ1v) is 10.8. The van der Waals surface area contributed by atoms with Gasteiger partial charge in [0.2, 0.25) is 0 Å². The summed E-state index contributed by atoms with van der Waals surface area (Å²) >= 11 is 0. The highest BCUT2D eigenvalue weighted by Crippen LogP contribution is 2.31. The van der Waals surface area contributed by atoms with Gasteiger partial charge >= 0.3 is 0 Å². The molecule has 2 saturated heterocycles. The summed E-state index contributed by atoms with van der Waals surface area (Å²) < 4.78 is 22.2. The molecule has 0 aromatic carbocycles. The van der Waals surface area contributed by atoms with Crippen molar-refractivity contribution in [3.63, 3.8) is 0 Å². The Bertz CT molecular complexity index is 584. The molecule has 0 amide bonds. The molecular formula is C18H36N4O11. The second-order valence-electron chi connectivity index (χ2n) is 8.79. The maximum Gasteiger partial charge on any atom is 0.187 e. The lowest BCUT2D eigenvalue weighted by atomic mass is 9.84. The van der Waals surface area contributed by atoms with Crippen molar-refractivity contribution >= 4 is 0 Å². The molecule has 33 heavy (non-hydrogen) atoms. The minimum atomic E-state index is -1.66. The molecule has 0 aromatic heterocycles. The molecule has 15 heteroatoms. The first-order valence-electron chi connectivity index (χ1n) is 10.8. The summed E-state index contributed by atoms with van der Waals surface area (Å²) in [5.41, 5.74) is 23.5. The van der Waals surface area contributed by atoms with Crippen LogP contribution in [0.15, 0.2) is 0 Å². The zero-order valence-corrected chi connectivity index (χ0v) is 17.9. The SMILES string of the molecule is NCC1O[C@H](O[C@@H]2C(N)C[C@@H](N)C(O[C@H]3OC(CO)[C@@H](O)C(N)C3O)C2O)C(O)C(O)[C@@H]1O. The van der Waals surface area contributed by atoms with Gasteiger partial charge in [-0.2, -0.15) is 0 Å². The van der Waals surface area contributed by atoms with Gasteiger partial charge < -0.3 is 77.6 Å². The highest BCUT2D eigenvalue weighted by molar-refractivity contribution is 5.01. The van der Waals surface area contributed by atoms with Crippen LogP contribution < -0.4 is 22.9 Å². The second kappa shape index (κ2) is 11.0. The van der Waals surface area contributed by atoms with Crippen LogP contribution in [-0.4, -0.2) is 141 Å². The van der Waals surface area contributed by atoms with Crippen LogP contribution >= 0.6 is 0 Å². The summed E-state index contributed by atoms with van der Waals surface area (Å²) in [6.45, 7) is -0.763. The average molecular weight is 485 g/mol. The molecular weight excluding hydrogens is 448 g/mol. The number of aliphatic hydroxyl groups excluding tert-OH is 7. The van der Waals surface area contributed by atoms with Crippen LogP contribution in [0.25, 0.3) is 0 Å². The van der Waals surface area contributed by atoms with Gasteiger partial charge in [0.05, 0.1) is 12.6 Å². The number of rotatable bonds is 6. The van der Waals surface area contributed by atoms with E-state index in [4.69, 9.17) is 41.9 Å². The van der Waals surface area contributed by atoms with E-state index in [1.165, 1.54) is 0 Å². The molecule has 3 aliphatic rings. The van der Waals surface area contributed by atoms with Gasteiger partial charge in [-0.05, 0) is 6.42 Å². The molecule has 15 N–H and O–H groups in total. The Balaban J connectivity index is 1.72. The van der Waals surface area contributed by atoms with Crippen molar-refractivity contribution in [3.05, 3.63) is 0 Å². The summed E-state index contributed by atoms with van der Waals surface area (Å²) in [4.78, 5) is 0. The highest BCUT2D eigenvalue weighted by Gasteiger charge is 2.51. The van der Waals surface area contributed by atoms with Crippen LogP contribution in [0.4, 0.5) is 0 Å². The van der Waals surface area contributed by atoms with Gasteiger partial charge in [0, 0.05) is 18.6 Å². The van der Waals surface area contributed by atoms with Crippen LogP contribution in [0, 0.1) is 0 Å². The first-order chi connectivity index (χ1) is 15.5. The molecule has 0 aromatic rings. The Morgan fingerprint density at radius 3 is 1.70 bits per heavy atom. The zero-order valence-electron chi connectivity index (χ0n) is 17.9. The van der Waals surface area contributed by atoms with E-state index in [0.29, 0.717) is 0 Å². The lowest BCUT2D eigenvalue weighted by molar-refractivity contribution is -0.332. The fraction of sp³-hybridized carbons (Fsp3) is 1.00. The van der Waals surface area contributed by atoms with Crippen LogP contribution in [-0.2, 0) is 18.9 Å². The molecule has 2 aliphatic heterocycles. The quantitative estimate of drug-likeness (QED) is 0.167. The maximum atomic E-state index is 10.9. The molecule has 9 unspecified atom stereocenters. The largest absolute Gasteiger partial charge is 0.394 e. The topological polar surface area (TPSA) is 283 Å². The molecule has 15 atom stereocenters. The monoisotopic (exact) mass is 484 g/mol. The second-order valence-corrected chi connectivity index (χ2v) is 8.79. The standard InChI is InChI=1S/C18H36N4O11/c19-2-6-10(25)12(27)13(28)18(30-6)33-16-5(21)1-4(20)15(14(16)29)32-17-11(26)8(22)9(24)7(3-23)31-17/h4-18,23-29H,1-3,19-22H2/t4-,5?,6?,7?,8?,9-,10-,11?,12?,13?,14?,15?,16-,17-,18-/m1/s1. The smallest absolute Gasteiger partial charge is 0.187 e. The van der Waals surface area contributed by atoms with Crippen molar-refractivity contribution in [3.8, 4) is 0 Å². The molecule has 3 rings (SSSR count). The average Bonchev–Trinajstić information content (AvgIpc) is 2.79. The van der Waals surface area contributed by atoms with Crippen LogP contribution in [0.2, 0.25) is 0 Å². The molecule has 3 fully saturated rings. The predicted octanol–water partition coefficient (Wildman–Crippen LogP) is -7.29. The molecule has 1 aliphatic carbocycles. The summed E-state index contributed by atoms with van der Waals surface area (Å²) in [6, 6.07) is -2.86. The molecule has 194 valence electrons. The molecule has 0 radical (unpaired) electrons. The van der Waals surface area contributed by atoms with E-state index in [1.54, 1.807) is 0 Å². The molecule has 2 heterocycles. The molecule has 0 bridgehead atoms. The third-order valence-electron chi connectivity index (χ3n) is 6.48. The number of hydrogen-bond donors (Lipinski definition) is 11. The van der Waals surface area contributed by atoms with Crippen LogP contribution in [0.1, 0.15) is 6.42 Å². The fourth-order valence-corrected chi connectivity index (χ4v) is 4.40.